The normalized spacial score (nSPS) is 24.6. The van der Waals surface area contributed by atoms with Gasteiger partial charge in [-0.25, -0.2) is 14.6 Å². The average Bonchev–Trinajstić information content (AvgIpc) is 3.37. The van der Waals surface area contributed by atoms with Gasteiger partial charge in [0, 0.05) is 23.8 Å². The van der Waals surface area contributed by atoms with Crippen molar-refractivity contribution < 1.29 is 33.8 Å². The predicted octanol–water partition coefficient (Wildman–Crippen LogP) is 3.65. The number of aromatic carboxylic acids is 1. The molecule has 2 fully saturated rings. The Labute approximate surface area is 221 Å². The van der Waals surface area contributed by atoms with Crippen molar-refractivity contribution in [2.45, 2.75) is 70.7 Å². The van der Waals surface area contributed by atoms with Crippen LogP contribution in [0.4, 0.5) is 4.79 Å². The Hall–Kier alpha value is -3.95. The van der Waals surface area contributed by atoms with Crippen LogP contribution in [0.1, 0.15) is 56.6 Å². The molecule has 0 radical (unpaired) electrons. The molecule has 0 bridgehead atoms. The van der Waals surface area contributed by atoms with Crippen LogP contribution in [0, 0.1) is 12.8 Å². The maximum absolute atomic E-state index is 13.4. The SMILES string of the molecule is C=C[C@@H]1C[C@]1(NC(=O)[C@@H]1C[C@@H](Oc2cc(C(=O)O)nc3cc(C)ccc23)CN1C(=O)OC(C)(C)C)C(C)=O. The van der Waals surface area contributed by atoms with E-state index in [-0.39, 0.29) is 36.1 Å². The minimum atomic E-state index is -1.20. The number of hydrogen-bond acceptors (Lipinski definition) is 7. The van der Waals surface area contributed by atoms with Crippen LogP contribution in [0.15, 0.2) is 36.9 Å². The molecule has 0 spiro atoms. The van der Waals surface area contributed by atoms with Crippen molar-refractivity contribution in [3.8, 4) is 5.75 Å². The summed E-state index contributed by atoms with van der Waals surface area (Å²) < 4.78 is 11.8. The number of carboxylic acid groups (broad SMARTS) is 1. The number of nitrogens with one attached hydrogen (secondary N) is 1. The quantitative estimate of drug-likeness (QED) is 0.525. The van der Waals surface area contributed by atoms with Gasteiger partial charge in [-0.1, -0.05) is 12.1 Å². The largest absolute Gasteiger partial charge is 0.488 e. The summed E-state index contributed by atoms with van der Waals surface area (Å²) in [6.07, 6.45) is 0.893. The molecule has 1 aliphatic carbocycles. The molecule has 4 rings (SSSR count). The van der Waals surface area contributed by atoms with E-state index in [0.717, 1.165) is 5.56 Å². The third kappa shape index (κ3) is 5.34. The van der Waals surface area contributed by atoms with Crippen LogP contribution in [0.3, 0.4) is 0 Å². The Morgan fingerprint density at radius 1 is 1.24 bits per heavy atom. The fourth-order valence-corrected chi connectivity index (χ4v) is 4.86. The van der Waals surface area contributed by atoms with Gasteiger partial charge in [0.25, 0.3) is 0 Å². The molecule has 202 valence electrons. The molecule has 2 N–H and O–H groups in total. The van der Waals surface area contributed by atoms with E-state index in [9.17, 15) is 24.3 Å². The van der Waals surface area contributed by atoms with Crippen molar-refractivity contribution in [3.63, 3.8) is 0 Å². The first-order valence-electron chi connectivity index (χ1n) is 12.5. The summed E-state index contributed by atoms with van der Waals surface area (Å²) in [5.74, 6) is -1.74. The van der Waals surface area contributed by atoms with E-state index in [2.05, 4.69) is 16.9 Å². The zero-order valence-corrected chi connectivity index (χ0v) is 22.2. The van der Waals surface area contributed by atoms with E-state index in [0.29, 0.717) is 17.3 Å². The zero-order valence-electron chi connectivity index (χ0n) is 22.2. The lowest BCUT2D eigenvalue weighted by molar-refractivity contribution is -0.130. The molecule has 1 aliphatic heterocycles. The number of likely N-dealkylation sites (tertiary alicyclic amines) is 1. The molecule has 1 saturated carbocycles. The minimum absolute atomic E-state index is 0.0308. The van der Waals surface area contributed by atoms with Crippen molar-refractivity contribution >= 4 is 34.7 Å². The summed E-state index contributed by atoms with van der Waals surface area (Å²) in [7, 11) is 0. The van der Waals surface area contributed by atoms with Gasteiger partial charge in [-0.2, -0.15) is 0 Å². The second-order valence-electron chi connectivity index (χ2n) is 11.0. The van der Waals surface area contributed by atoms with Gasteiger partial charge in [0.15, 0.2) is 11.5 Å². The number of carboxylic acids is 1. The number of aromatic nitrogens is 1. The van der Waals surface area contributed by atoms with E-state index < -0.39 is 41.3 Å². The Bertz CT molecular complexity index is 1330. The number of fused-ring (bicyclic) bond motifs is 1. The highest BCUT2D eigenvalue weighted by molar-refractivity contribution is 5.97. The number of amides is 2. The molecule has 2 aliphatic rings. The Morgan fingerprint density at radius 3 is 2.53 bits per heavy atom. The number of rotatable bonds is 7. The first-order chi connectivity index (χ1) is 17.7. The van der Waals surface area contributed by atoms with E-state index in [1.54, 1.807) is 39.0 Å². The standard InChI is InChI=1S/C28H33N3O7/c1-7-17-13-28(17,16(3)32)30-24(33)22-11-18(14-31(22)26(36)38-27(4,5)6)37-23-12-21(25(34)35)29-20-10-15(2)8-9-19(20)23/h7-10,12,17-18,22H,1,11,13-14H2,2-6H3,(H,30,33)(H,34,35)/t17-,18-,22+,28+/m1/s1. The minimum Gasteiger partial charge on any atom is -0.488 e. The molecule has 38 heavy (non-hydrogen) atoms. The van der Waals surface area contributed by atoms with Gasteiger partial charge in [0.2, 0.25) is 5.91 Å². The second-order valence-corrected chi connectivity index (χ2v) is 11.0. The summed E-state index contributed by atoms with van der Waals surface area (Å²) in [6, 6.07) is 5.81. The van der Waals surface area contributed by atoms with E-state index >= 15 is 0 Å². The Balaban J connectivity index is 1.63. The van der Waals surface area contributed by atoms with Crippen LogP contribution in [0.25, 0.3) is 10.9 Å². The molecule has 2 heterocycles. The fraction of sp³-hybridized carbons (Fsp3) is 0.464. The van der Waals surface area contributed by atoms with Crippen molar-refractivity contribution in [3.05, 3.63) is 48.2 Å². The average molecular weight is 524 g/mol. The summed E-state index contributed by atoms with van der Waals surface area (Å²) in [6.45, 7) is 12.3. The lowest BCUT2D eigenvalue weighted by Gasteiger charge is -2.28. The van der Waals surface area contributed by atoms with Gasteiger partial charge in [-0.15, -0.1) is 6.58 Å². The number of Topliss-reactive ketones (excluding diaryl/α,β-unsaturated/α-hetero) is 1. The van der Waals surface area contributed by atoms with E-state index in [1.165, 1.54) is 17.9 Å². The number of ketones is 1. The van der Waals surface area contributed by atoms with Gasteiger partial charge in [0.05, 0.1) is 12.1 Å². The first-order valence-corrected chi connectivity index (χ1v) is 12.5. The maximum atomic E-state index is 13.4. The number of hydrogen-bond donors (Lipinski definition) is 2. The highest BCUT2D eigenvalue weighted by atomic mass is 16.6. The smallest absolute Gasteiger partial charge is 0.411 e. The predicted molar refractivity (Wildman–Crippen MR) is 139 cm³/mol. The number of pyridine rings is 1. The number of carbonyl (C=O) groups excluding carboxylic acids is 3. The lowest BCUT2D eigenvalue weighted by atomic mass is 10.1. The first kappa shape index (κ1) is 27.1. The van der Waals surface area contributed by atoms with Crippen LogP contribution in [-0.4, -0.2) is 68.6 Å². The van der Waals surface area contributed by atoms with Gasteiger partial charge >= 0.3 is 12.1 Å². The van der Waals surface area contributed by atoms with Crippen LogP contribution >= 0.6 is 0 Å². The summed E-state index contributed by atoms with van der Waals surface area (Å²) in [4.78, 5) is 56.1. The van der Waals surface area contributed by atoms with Crippen LogP contribution in [-0.2, 0) is 14.3 Å². The topological polar surface area (TPSA) is 135 Å². The van der Waals surface area contributed by atoms with Crippen LogP contribution < -0.4 is 10.1 Å². The van der Waals surface area contributed by atoms with Gasteiger partial charge < -0.3 is 19.9 Å². The summed E-state index contributed by atoms with van der Waals surface area (Å²) >= 11 is 0. The van der Waals surface area contributed by atoms with E-state index in [4.69, 9.17) is 9.47 Å². The third-order valence-corrected chi connectivity index (χ3v) is 6.91. The molecule has 0 unspecified atom stereocenters. The second kappa shape index (κ2) is 9.74. The van der Waals surface area contributed by atoms with Crippen molar-refractivity contribution in [1.29, 1.82) is 0 Å². The Morgan fingerprint density at radius 2 is 1.95 bits per heavy atom. The van der Waals surface area contributed by atoms with Crippen molar-refractivity contribution in [1.82, 2.24) is 15.2 Å². The van der Waals surface area contributed by atoms with Crippen LogP contribution in [0.5, 0.6) is 5.75 Å². The Kier molecular flexibility index (Phi) is 6.94. The zero-order chi connectivity index (χ0) is 28.0. The van der Waals surface area contributed by atoms with Gasteiger partial charge in [0.1, 0.15) is 29.0 Å². The monoisotopic (exact) mass is 523 g/mol. The molecule has 10 nitrogen and oxygen atoms in total. The molecule has 1 aromatic carbocycles. The number of carbonyl (C=O) groups is 4. The number of ether oxygens (including phenoxy) is 2. The number of nitrogens with zero attached hydrogens (tertiary/aromatic N) is 2. The van der Waals surface area contributed by atoms with E-state index in [1.807, 2.05) is 13.0 Å². The number of benzene rings is 1. The molecule has 2 amide bonds. The van der Waals surface area contributed by atoms with Crippen molar-refractivity contribution in [2.75, 3.05) is 6.54 Å². The molecular formula is C28H33N3O7. The molecule has 1 saturated heterocycles. The van der Waals surface area contributed by atoms with Gasteiger partial charge in [-0.05, 0) is 58.7 Å². The summed E-state index contributed by atoms with van der Waals surface area (Å²) in [5, 5.41) is 13.0. The lowest BCUT2D eigenvalue weighted by Crippen LogP contribution is -2.53. The third-order valence-electron chi connectivity index (χ3n) is 6.91. The highest BCUT2D eigenvalue weighted by Gasteiger charge is 2.58. The molecular weight excluding hydrogens is 490 g/mol. The number of aryl methyl sites for hydroxylation is 1. The van der Waals surface area contributed by atoms with Crippen molar-refractivity contribution in [2.24, 2.45) is 5.92 Å². The molecule has 2 aromatic rings. The fourth-order valence-electron chi connectivity index (χ4n) is 4.86. The molecule has 1 aromatic heterocycles. The highest BCUT2D eigenvalue weighted by Crippen LogP contribution is 2.45. The molecule has 10 heteroatoms. The van der Waals surface area contributed by atoms with Gasteiger partial charge in [-0.3, -0.25) is 14.5 Å². The van der Waals surface area contributed by atoms with Crippen LogP contribution in [0.2, 0.25) is 0 Å². The molecule has 4 atom stereocenters. The summed E-state index contributed by atoms with van der Waals surface area (Å²) in [5.41, 5.74) is -0.625. The maximum Gasteiger partial charge on any atom is 0.411 e.